The fourth-order valence-corrected chi connectivity index (χ4v) is 3.31. The summed E-state index contributed by atoms with van der Waals surface area (Å²) in [6.07, 6.45) is 3.55. The van der Waals surface area contributed by atoms with Crippen LogP contribution in [0.1, 0.15) is 26.2 Å². The molecule has 0 bridgehead atoms. The molecule has 0 aromatic heterocycles. The predicted molar refractivity (Wildman–Crippen MR) is 61.0 cm³/mol. The summed E-state index contributed by atoms with van der Waals surface area (Å²) < 4.78 is 5.78. The van der Waals surface area contributed by atoms with Crippen molar-refractivity contribution in [1.82, 2.24) is 10.6 Å². The Morgan fingerprint density at radius 3 is 3.13 bits per heavy atom. The molecule has 0 aromatic rings. The van der Waals surface area contributed by atoms with E-state index in [1.165, 1.54) is 12.8 Å². The van der Waals surface area contributed by atoms with Crippen LogP contribution >= 0.6 is 11.8 Å². The third kappa shape index (κ3) is 2.58. The number of amides is 2. The molecule has 0 aliphatic carbocycles. The predicted octanol–water partition coefficient (Wildman–Crippen LogP) is 1.32. The van der Waals surface area contributed by atoms with Gasteiger partial charge in [-0.25, -0.2) is 4.79 Å². The van der Waals surface area contributed by atoms with Crippen LogP contribution in [0.3, 0.4) is 0 Å². The van der Waals surface area contributed by atoms with Gasteiger partial charge in [-0.15, -0.1) is 11.8 Å². The molecule has 2 rings (SSSR count). The number of carbonyl (C=O) groups is 1. The van der Waals surface area contributed by atoms with E-state index in [9.17, 15) is 4.79 Å². The summed E-state index contributed by atoms with van der Waals surface area (Å²) in [7, 11) is 0. The molecule has 2 heterocycles. The summed E-state index contributed by atoms with van der Waals surface area (Å²) in [5, 5.41) is 5.81. The van der Waals surface area contributed by atoms with Crippen molar-refractivity contribution in [3.8, 4) is 0 Å². The van der Waals surface area contributed by atoms with Gasteiger partial charge in [0.2, 0.25) is 0 Å². The summed E-state index contributed by atoms with van der Waals surface area (Å²) >= 11 is 1.80. The molecule has 4 nitrogen and oxygen atoms in total. The molecule has 86 valence electrons. The van der Waals surface area contributed by atoms with E-state index in [0.29, 0.717) is 0 Å². The van der Waals surface area contributed by atoms with Crippen molar-refractivity contribution < 1.29 is 9.53 Å². The number of thioether (sulfide) groups is 1. The van der Waals surface area contributed by atoms with Gasteiger partial charge in [0.25, 0.3) is 0 Å². The highest BCUT2D eigenvalue weighted by atomic mass is 32.2. The van der Waals surface area contributed by atoms with Crippen molar-refractivity contribution in [2.45, 2.75) is 43.7 Å². The fraction of sp³-hybridized carbons (Fsp3) is 0.900. The van der Waals surface area contributed by atoms with Crippen molar-refractivity contribution in [2.24, 2.45) is 0 Å². The standard InChI is InChI=1S/C10H18N2O2S/c1-2-3-4-5-14-9-8-7(6-15-9)11-10(13)12-8/h7-9H,2-6H2,1H3,(H2,11,12,13). The Balaban J connectivity index is 1.72. The van der Waals surface area contributed by atoms with E-state index in [2.05, 4.69) is 17.6 Å². The highest BCUT2D eigenvalue weighted by molar-refractivity contribution is 8.00. The van der Waals surface area contributed by atoms with Crippen LogP contribution in [0.15, 0.2) is 0 Å². The quantitative estimate of drug-likeness (QED) is 0.553. The van der Waals surface area contributed by atoms with Gasteiger partial charge in [0.1, 0.15) is 5.44 Å². The zero-order valence-corrected chi connectivity index (χ0v) is 9.81. The molecule has 2 aliphatic heterocycles. The minimum absolute atomic E-state index is 0.0486. The molecule has 2 saturated heterocycles. The first-order chi connectivity index (χ1) is 7.31. The van der Waals surface area contributed by atoms with Gasteiger partial charge < -0.3 is 15.4 Å². The number of fused-ring (bicyclic) bond motifs is 1. The van der Waals surface area contributed by atoms with Gasteiger partial charge >= 0.3 is 6.03 Å². The van der Waals surface area contributed by atoms with Crippen LogP contribution in [0.2, 0.25) is 0 Å². The molecule has 2 fully saturated rings. The van der Waals surface area contributed by atoms with Crippen LogP contribution in [0, 0.1) is 0 Å². The topological polar surface area (TPSA) is 50.4 Å². The minimum atomic E-state index is -0.0486. The molecule has 3 atom stereocenters. The van der Waals surface area contributed by atoms with Crippen LogP contribution in [-0.2, 0) is 4.74 Å². The smallest absolute Gasteiger partial charge is 0.315 e. The number of hydrogen-bond donors (Lipinski definition) is 2. The number of nitrogens with one attached hydrogen (secondary N) is 2. The molecule has 5 heteroatoms. The molecular formula is C10H18N2O2S. The zero-order chi connectivity index (χ0) is 10.7. The van der Waals surface area contributed by atoms with E-state index >= 15 is 0 Å². The Bertz CT molecular complexity index is 237. The van der Waals surface area contributed by atoms with E-state index in [0.717, 1.165) is 18.8 Å². The Hall–Kier alpha value is -0.420. The minimum Gasteiger partial charge on any atom is -0.365 e. The summed E-state index contributed by atoms with van der Waals surface area (Å²) in [4.78, 5) is 11.1. The van der Waals surface area contributed by atoms with Gasteiger partial charge in [-0.1, -0.05) is 19.8 Å². The molecule has 0 radical (unpaired) electrons. The number of ether oxygens (including phenoxy) is 1. The van der Waals surface area contributed by atoms with Crippen LogP contribution in [0.25, 0.3) is 0 Å². The monoisotopic (exact) mass is 230 g/mol. The van der Waals surface area contributed by atoms with Gasteiger partial charge in [-0.2, -0.15) is 0 Å². The Morgan fingerprint density at radius 2 is 2.33 bits per heavy atom. The van der Waals surface area contributed by atoms with Crippen molar-refractivity contribution in [3.05, 3.63) is 0 Å². The number of hydrogen-bond acceptors (Lipinski definition) is 3. The zero-order valence-electron chi connectivity index (χ0n) is 8.99. The Labute approximate surface area is 94.5 Å². The average molecular weight is 230 g/mol. The van der Waals surface area contributed by atoms with Gasteiger partial charge in [0, 0.05) is 12.4 Å². The van der Waals surface area contributed by atoms with Gasteiger partial charge in [-0.05, 0) is 6.42 Å². The summed E-state index contributed by atoms with van der Waals surface area (Å²) in [5.41, 5.74) is 0.144. The van der Waals surface area contributed by atoms with Gasteiger partial charge in [-0.3, -0.25) is 0 Å². The molecule has 2 aliphatic rings. The molecule has 2 N–H and O–H groups in total. The highest BCUT2D eigenvalue weighted by Crippen LogP contribution is 2.30. The number of urea groups is 1. The van der Waals surface area contributed by atoms with Crippen LogP contribution < -0.4 is 10.6 Å². The normalized spacial score (nSPS) is 33.7. The third-order valence-electron chi connectivity index (χ3n) is 2.81. The second-order valence-corrected chi connectivity index (χ2v) is 5.16. The van der Waals surface area contributed by atoms with E-state index in [1.807, 2.05) is 0 Å². The maximum atomic E-state index is 11.1. The first kappa shape index (κ1) is 11.1. The van der Waals surface area contributed by atoms with E-state index in [1.54, 1.807) is 11.8 Å². The number of carbonyl (C=O) groups excluding carboxylic acids is 1. The largest absolute Gasteiger partial charge is 0.365 e. The first-order valence-corrected chi connectivity index (χ1v) is 6.66. The summed E-state index contributed by atoms with van der Waals surface area (Å²) in [6.45, 7) is 2.99. The SMILES string of the molecule is CCCCCOC1SCC2NC(=O)NC21. The second kappa shape index (κ2) is 5.07. The summed E-state index contributed by atoms with van der Waals surface area (Å²) in [5.74, 6) is 0.960. The molecule has 0 aromatic carbocycles. The van der Waals surface area contributed by atoms with Crippen molar-refractivity contribution in [2.75, 3.05) is 12.4 Å². The number of unbranched alkanes of at least 4 members (excludes halogenated alkanes) is 2. The van der Waals surface area contributed by atoms with Crippen LogP contribution in [-0.4, -0.2) is 35.9 Å². The van der Waals surface area contributed by atoms with E-state index in [4.69, 9.17) is 4.74 Å². The second-order valence-electron chi connectivity index (χ2n) is 4.03. The van der Waals surface area contributed by atoms with E-state index < -0.39 is 0 Å². The molecule has 15 heavy (non-hydrogen) atoms. The fourth-order valence-electron chi connectivity index (χ4n) is 1.96. The first-order valence-electron chi connectivity index (χ1n) is 5.61. The molecule has 3 unspecified atom stereocenters. The lowest BCUT2D eigenvalue weighted by atomic mass is 10.2. The molecule has 0 spiro atoms. The Morgan fingerprint density at radius 1 is 1.47 bits per heavy atom. The van der Waals surface area contributed by atoms with Crippen molar-refractivity contribution in [3.63, 3.8) is 0 Å². The summed E-state index contributed by atoms with van der Waals surface area (Å²) in [6, 6.07) is 0.384. The number of rotatable bonds is 5. The lowest BCUT2D eigenvalue weighted by Crippen LogP contribution is -2.38. The highest BCUT2D eigenvalue weighted by Gasteiger charge is 2.43. The van der Waals surface area contributed by atoms with Crippen LogP contribution in [0.4, 0.5) is 4.79 Å². The van der Waals surface area contributed by atoms with Gasteiger partial charge in [0.05, 0.1) is 12.1 Å². The third-order valence-corrected chi connectivity index (χ3v) is 4.12. The maximum Gasteiger partial charge on any atom is 0.315 e. The van der Waals surface area contributed by atoms with E-state index in [-0.39, 0.29) is 23.6 Å². The molecular weight excluding hydrogens is 212 g/mol. The average Bonchev–Trinajstić information content (AvgIpc) is 2.73. The Kier molecular flexibility index (Phi) is 3.75. The lowest BCUT2D eigenvalue weighted by Gasteiger charge is -2.17. The van der Waals surface area contributed by atoms with Gasteiger partial charge in [0.15, 0.2) is 0 Å². The molecule has 0 saturated carbocycles. The van der Waals surface area contributed by atoms with Crippen LogP contribution in [0.5, 0.6) is 0 Å². The van der Waals surface area contributed by atoms with Crippen molar-refractivity contribution >= 4 is 17.8 Å². The lowest BCUT2D eigenvalue weighted by molar-refractivity contribution is 0.0907. The maximum absolute atomic E-state index is 11.1. The molecule has 2 amide bonds. The van der Waals surface area contributed by atoms with Crippen molar-refractivity contribution in [1.29, 1.82) is 0 Å².